The van der Waals surface area contributed by atoms with Gasteiger partial charge in [-0.1, -0.05) is 20.8 Å². The van der Waals surface area contributed by atoms with Gasteiger partial charge >= 0.3 is 11.9 Å². The van der Waals surface area contributed by atoms with E-state index in [1.807, 2.05) is 20.8 Å². The molecular formula is C18H26N2O6. The Bertz CT molecular complexity index is 694. The summed E-state index contributed by atoms with van der Waals surface area (Å²) >= 11 is 0. The first-order valence-corrected chi connectivity index (χ1v) is 8.26. The summed E-state index contributed by atoms with van der Waals surface area (Å²) in [5, 5.41) is 15.2. The average Bonchev–Trinajstić information content (AvgIpc) is 2.46. The summed E-state index contributed by atoms with van der Waals surface area (Å²) in [6.45, 7) is 9.69. The molecule has 8 nitrogen and oxygen atoms in total. The van der Waals surface area contributed by atoms with Gasteiger partial charge in [-0.05, 0) is 11.5 Å². The number of nitrogens with one attached hydrogen (secondary N) is 1. The molecule has 0 saturated carbocycles. The fourth-order valence-corrected chi connectivity index (χ4v) is 2.30. The quantitative estimate of drug-likeness (QED) is 0.466. The second-order valence-electron chi connectivity index (χ2n) is 7.24. The van der Waals surface area contributed by atoms with Crippen LogP contribution in [-0.4, -0.2) is 24.4 Å². The van der Waals surface area contributed by atoms with Crippen LogP contribution >= 0.6 is 0 Å². The van der Waals surface area contributed by atoms with Crippen molar-refractivity contribution in [1.82, 2.24) is 5.32 Å². The van der Waals surface area contributed by atoms with E-state index in [1.165, 1.54) is 32.9 Å². The largest absolute Gasteiger partial charge is 0.618 e. The molecule has 1 aromatic rings. The van der Waals surface area contributed by atoms with Crippen LogP contribution in [0.4, 0.5) is 0 Å². The lowest BCUT2D eigenvalue weighted by Crippen LogP contribution is -2.41. The second kappa shape index (κ2) is 8.64. The molecule has 0 bridgehead atoms. The van der Waals surface area contributed by atoms with E-state index in [0.717, 1.165) is 0 Å². The minimum atomic E-state index is -0.959. The molecule has 1 unspecified atom stereocenters. The summed E-state index contributed by atoms with van der Waals surface area (Å²) in [6, 6.07) is 2.86. The SMILES string of the molecule is CC(=O)Oc1ccc(C(CNC(=O)CC(C)(C)C)OC(C)=O)[n+]([O-])c1C. The van der Waals surface area contributed by atoms with Crippen molar-refractivity contribution in [3.05, 3.63) is 28.7 Å². The normalized spacial score (nSPS) is 12.2. The Balaban J connectivity index is 3.02. The topological polar surface area (TPSA) is 109 Å². The molecule has 1 N–H and O–H groups in total. The molecule has 8 heteroatoms. The highest BCUT2D eigenvalue weighted by Crippen LogP contribution is 2.21. The number of ether oxygens (including phenoxy) is 2. The molecule has 0 aliphatic heterocycles. The number of esters is 2. The van der Waals surface area contributed by atoms with Crippen molar-refractivity contribution in [2.24, 2.45) is 5.41 Å². The number of hydrogen-bond donors (Lipinski definition) is 1. The molecule has 0 aliphatic rings. The van der Waals surface area contributed by atoms with Gasteiger partial charge in [0, 0.05) is 33.3 Å². The zero-order chi connectivity index (χ0) is 20.1. The first-order valence-electron chi connectivity index (χ1n) is 8.26. The maximum Gasteiger partial charge on any atom is 0.308 e. The lowest BCUT2D eigenvalue weighted by molar-refractivity contribution is -0.625. The molecule has 0 aromatic carbocycles. The number of hydrogen-bond acceptors (Lipinski definition) is 6. The highest BCUT2D eigenvalue weighted by Gasteiger charge is 2.27. The number of rotatable bonds is 6. The van der Waals surface area contributed by atoms with Crippen molar-refractivity contribution in [1.29, 1.82) is 0 Å². The molecule has 0 spiro atoms. The first-order chi connectivity index (χ1) is 11.9. The van der Waals surface area contributed by atoms with Gasteiger partial charge in [0.2, 0.25) is 23.4 Å². The maximum atomic E-state index is 12.5. The third-order valence-corrected chi connectivity index (χ3v) is 3.37. The van der Waals surface area contributed by atoms with Gasteiger partial charge in [0.25, 0.3) is 0 Å². The Kier molecular flexibility index (Phi) is 7.11. The third-order valence-electron chi connectivity index (χ3n) is 3.37. The third kappa shape index (κ3) is 6.70. The van der Waals surface area contributed by atoms with Gasteiger partial charge in [0.1, 0.15) is 0 Å². The lowest BCUT2D eigenvalue weighted by Gasteiger charge is -2.21. The van der Waals surface area contributed by atoms with Crippen LogP contribution in [0.3, 0.4) is 0 Å². The van der Waals surface area contributed by atoms with E-state index >= 15 is 0 Å². The fourth-order valence-electron chi connectivity index (χ4n) is 2.30. The molecule has 1 aromatic heterocycles. The highest BCUT2D eigenvalue weighted by molar-refractivity contribution is 5.76. The zero-order valence-electron chi connectivity index (χ0n) is 16.0. The molecule has 1 atom stereocenters. The van der Waals surface area contributed by atoms with Gasteiger partial charge < -0.3 is 20.0 Å². The number of pyridine rings is 1. The molecule has 0 aliphatic carbocycles. The van der Waals surface area contributed by atoms with Crippen molar-refractivity contribution in [2.75, 3.05) is 6.54 Å². The van der Waals surface area contributed by atoms with E-state index in [9.17, 15) is 19.6 Å². The minimum absolute atomic E-state index is 0.0386. The molecule has 26 heavy (non-hydrogen) atoms. The summed E-state index contributed by atoms with van der Waals surface area (Å²) in [6.07, 6.45) is -0.666. The predicted molar refractivity (Wildman–Crippen MR) is 93.0 cm³/mol. The van der Waals surface area contributed by atoms with Crippen LogP contribution in [0.2, 0.25) is 0 Å². The number of amides is 1. The summed E-state index contributed by atoms with van der Waals surface area (Å²) in [4.78, 5) is 34.5. The molecule has 0 fully saturated rings. The molecule has 1 amide bonds. The summed E-state index contributed by atoms with van der Waals surface area (Å²) < 4.78 is 10.7. The van der Waals surface area contributed by atoms with Gasteiger partial charge in [-0.15, -0.1) is 0 Å². The monoisotopic (exact) mass is 366 g/mol. The molecule has 144 valence electrons. The Labute approximate surface area is 153 Å². The fraction of sp³-hybridized carbons (Fsp3) is 0.556. The van der Waals surface area contributed by atoms with E-state index in [4.69, 9.17) is 9.47 Å². The Morgan fingerprint density at radius 2 is 1.81 bits per heavy atom. The van der Waals surface area contributed by atoms with Crippen LogP contribution in [0.15, 0.2) is 12.1 Å². The van der Waals surface area contributed by atoms with Crippen LogP contribution in [0.25, 0.3) is 0 Å². The maximum absolute atomic E-state index is 12.5. The van der Waals surface area contributed by atoms with E-state index in [2.05, 4.69) is 5.32 Å². The Morgan fingerprint density at radius 3 is 2.31 bits per heavy atom. The Hall–Kier alpha value is -2.64. The molecule has 1 heterocycles. The molecular weight excluding hydrogens is 340 g/mol. The van der Waals surface area contributed by atoms with Gasteiger partial charge in [-0.3, -0.25) is 14.4 Å². The Morgan fingerprint density at radius 1 is 1.19 bits per heavy atom. The van der Waals surface area contributed by atoms with Crippen LogP contribution in [0, 0.1) is 17.5 Å². The molecule has 1 rings (SSSR count). The van der Waals surface area contributed by atoms with Crippen molar-refractivity contribution in [3.8, 4) is 5.75 Å². The minimum Gasteiger partial charge on any atom is -0.618 e. The van der Waals surface area contributed by atoms with Crippen molar-refractivity contribution >= 4 is 17.8 Å². The van der Waals surface area contributed by atoms with Gasteiger partial charge in [-0.25, -0.2) is 0 Å². The van der Waals surface area contributed by atoms with Crippen molar-refractivity contribution in [3.63, 3.8) is 0 Å². The van der Waals surface area contributed by atoms with Gasteiger partial charge in [0.15, 0.2) is 5.75 Å². The smallest absolute Gasteiger partial charge is 0.308 e. The van der Waals surface area contributed by atoms with E-state index < -0.39 is 18.0 Å². The predicted octanol–water partition coefficient (Wildman–Crippen LogP) is 1.71. The van der Waals surface area contributed by atoms with E-state index in [-0.39, 0.29) is 35.0 Å². The van der Waals surface area contributed by atoms with E-state index in [1.54, 1.807) is 0 Å². The van der Waals surface area contributed by atoms with Crippen molar-refractivity contribution in [2.45, 2.75) is 54.1 Å². The zero-order valence-corrected chi connectivity index (χ0v) is 16.0. The van der Waals surface area contributed by atoms with Crippen LogP contribution in [0.5, 0.6) is 5.75 Å². The summed E-state index contributed by atoms with van der Waals surface area (Å²) in [7, 11) is 0. The van der Waals surface area contributed by atoms with E-state index in [0.29, 0.717) is 11.2 Å². The number of nitrogens with zero attached hydrogens (tertiary/aromatic N) is 1. The summed E-state index contributed by atoms with van der Waals surface area (Å²) in [5.41, 5.74) is 0.0855. The van der Waals surface area contributed by atoms with Crippen LogP contribution in [0.1, 0.15) is 58.5 Å². The van der Waals surface area contributed by atoms with Crippen LogP contribution < -0.4 is 14.8 Å². The number of aromatic nitrogens is 1. The van der Waals surface area contributed by atoms with Gasteiger partial charge in [-0.2, -0.15) is 4.73 Å². The standard InChI is InChI=1S/C18H26N2O6/c1-11-15(25-12(2)21)8-7-14(20(11)24)16(26-13(3)22)10-19-17(23)9-18(4,5)6/h7-8,16H,9-10H2,1-6H3,(H,19,23). The first kappa shape index (κ1) is 21.4. The average molecular weight is 366 g/mol. The lowest BCUT2D eigenvalue weighted by atomic mass is 9.92. The number of carbonyl (C=O) groups is 3. The van der Waals surface area contributed by atoms with Crippen LogP contribution in [-0.2, 0) is 19.1 Å². The molecule has 0 saturated heterocycles. The molecule has 0 radical (unpaired) electrons. The summed E-state index contributed by atoms with van der Waals surface area (Å²) in [5.74, 6) is -1.22. The second-order valence-corrected chi connectivity index (χ2v) is 7.24. The van der Waals surface area contributed by atoms with Gasteiger partial charge in [0.05, 0.1) is 6.54 Å². The van der Waals surface area contributed by atoms with Crippen molar-refractivity contribution < 1.29 is 28.6 Å². The number of carbonyl (C=O) groups excluding carboxylic acids is 3. The highest BCUT2D eigenvalue weighted by atomic mass is 16.6.